The summed E-state index contributed by atoms with van der Waals surface area (Å²) in [6.45, 7) is 3.30. The second-order valence-corrected chi connectivity index (χ2v) is 6.95. The van der Waals surface area contributed by atoms with Crippen molar-refractivity contribution >= 4 is 17.3 Å². The molecule has 0 bridgehead atoms. The number of rotatable bonds is 3. The molecule has 0 N–H and O–H groups in total. The highest BCUT2D eigenvalue weighted by molar-refractivity contribution is 5.50. The van der Waals surface area contributed by atoms with Crippen molar-refractivity contribution in [3.63, 3.8) is 0 Å². The Labute approximate surface area is 150 Å². The first-order valence-electron chi connectivity index (χ1n) is 9.10. The molecule has 0 unspecified atom stereocenters. The fourth-order valence-electron chi connectivity index (χ4n) is 3.47. The summed E-state index contributed by atoms with van der Waals surface area (Å²) in [6, 6.07) is 11.4. The molecule has 3 aromatic rings. The van der Waals surface area contributed by atoms with Gasteiger partial charge in [0.25, 0.3) is 5.56 Å². The number of piperazine rings is 1. The van der Waals surface area contributed by atoms with E-state index in [9.17, 15) is 4.79 Å². The van der Waals surface area contributed by atoms with Crippen LogP contribution < -0.4 is 15.4 Å². The van der Waals surface area contributed by atoms with E-state index in [-0.39, 0.29) is 5.56 Å². The zero-order valence-electron chi connectivity index (χ0n) is 14.5. The van der Waals surface area contributed by atoms with Crippen LogP contribution >= 0.6 is 0 Å². The molecule has 2 aliphatic rings. The largest absolute Gasteiger partial charge is 0.353 e. The number of aromatic nitrogens is 4. The van der Waals surface area contributed by atoms with Crippen molar-refractivity contribution in [1.29, 1.82) is 0 Å². The van der Waals surface area contributed by atoms with Crippen LogP contribution in [0.15, 0.2) is 47.4 Å². The van der Waals surface area contributed by atoms with Gasteiger partial charge in [0.15, 0.2) is 5.82 Å². The van der Waals surface area contributed by atoms with E-state index in [1.54, 1.807) is 16.7 Å². The predicted molar refractivity (Wildman–Crippen MR) is 99.9 cm³/mol. The SMILES string of the molecule is O=c1cc(N2CCN(c3ccc(C4CC4)nn3)CC2)nc2ccccn12. The van der Waals surface area contributed by atoms with Crippen LogP contribution in [0.1, 0.15) is 24.5 Å². The maximum atomic E-state index is 12.3. The van der Waals surface area contributed by atoms with Crippen LogP contribution in [0.3, 0.4) is 0 Å². The molecule has 0 spiro atoms. The zero-order chi connectivity index (χ0) is 17.5. The van der Waals surface area contributed by atoms with Crippen molar-refractivity contribution < 1.29 is 0 Å². The van der Waals surface area contributed by atoms with Crippen molar-refractivity contribution in [3.8, 4) is 0 Å². The van der Waals surface area contributed by atoms with Gasteiger partial charge in [0.05, 0.1) is 5.69 Å². The molecule has 1 aliphatic carbocycles. The van der Waals surface area contributed by atoms with Gasteiger partial charge in [0, 0.05) is 44.4 Å². The van der Waals surface area contributed by atoms with E-state index in [0.29, 0.717) is 11.6 Å². The van der Waals surface area contributed by atoms with E-state index < -0.39 is 0 Å². The summed E-state index contributed by atoms with van der Waals surface area (Å²) >= 11 is 0. The quantitative estimate of drug-likeness (QED) is 0.718. The Kier molecular flexibility index (Phi) is 3.58. The van der Waals surface area contributed by atoms with Crippen LogP contribution in [-0.4, -0.2) is 45.8 Å². The van der Waals surface area contributed by atoms with Crippen LogP contribution in [0.5, 0.6) is 0 Å². The number of nitrogens with zero attached hydrogens (tertiary/aromatic N) is 6. The Balaban J connectivity index is 1.31. The predicted octanol–water partition coefficient (Wildman–Crippen LogP) is 1.69. The van der Waals surface area contributed by atoms with E-state index in [1.165, 1.54) is 12.8 Å². The lowest BCUT2D eigenvalue weighted by molar-refractivity contribution is 0.636. The third kappa shape index (κ3) is 2.79. The Morgan fingerprint density at radius 2 is 1.65 bits per heavy atom. The molecule has 1 saturated carbocycles. The van der Waals surface area contributed by atoms with Gasteiger partial charge in [-0.25, -0.2) is 4.98 Å². The molecular formula is C19H20N6O. The van der Waals surface area contributed by atoms with Gasteiger partial charge >= 0.3 is 0 Å². The highest BCUT2D eigenvalue weighted by Crippen LogP contribution is 2.38. The summed E-state index contributed by atoms with van der Waals surface area (Å²) in [4.78, 5) is 21.3. The van der Waals surface area contributed by atoms with Gasteiger partial charge < -0.3 is 9.80 Å². The Morgan fingerprint density at radius 1 is 0.885 bits per heavy atom. The molecule has 7 nitrogen and oxygen atoms in total. The van der Waals surface area contributed by atoms with Crippen molar-refractivity contribution in [1.82, 2.24) is 19.6 Å². The second-order valence-electron chi connectivity index (χ2n) is 6.95. The maximum absolute atomic E-state index is 12.3. The first-order chi connectivity index (χ1) is 12.8. The Hall–Kier alpha value is -2.96. The lowest BCUT2D eigenvalue weighted by atomic mass is 10.2. The summed E-state index contributed by atoms with van der Waals surface area (Å²) in [6.07, 6.45) is 4.23. The molecule has 1 saturated heterocycles. The van der Waals surface area contributed by atoms with Crippen molar-refractivity contribution in [2.24, 2.45) is 0 Å². The summed E-state index contributed by atoms with van der Waals surface area (Å²) in [5.41, 5.74) is 1.75. The standard InChI is InChI=1S/C19H20N6O/c26-19-13-18(20-16-3-1-2-8-25(16)19)24-11-9-23(10-12-24)17-7-6-15(21-22-17)14-4-5-14/h1-3,6-8,13-14H,4-5,9-12H2. The first kappa shape index (κ1) is 15.3. The fraction of sp³-hybridized carbons (Fsp3) is 0.368. The first-order valence-corrected chi connectivity index (χ1v) is 9.10. The molecule has 2 fully saturated rings. The average molecular weight is 348 g/mol. The van der Waals surface area contributed by atoms with E-state index in [4.69, 9.17) is 0 Å². The van der Waals surface area contributed by atoms with E-state index in [1.807, 2.05) is 18.2 Å². The van der Waals surface area contributed by atoms with Crippen LogP contribution in [0.4, 0.5) is 11.6 Å². The molecule has 7 heteroatoms. The molecule has 26 heavy (non-hydrogen) atoms. The van der Waals surface area contributed by atoms with Crippen LogP contribution in [0, 0.1) is 0 Å². The summed E-state index contributed by atoms with van der Waals surface area (Å²) in [5, 5.41) is 8.78. The Morgan fingerprint density at radius 3 is 2.35 bits per heavy atom. The Bertz CT molecular complexity index is 987. The average Bonchev–Trinajstić information content (AvgIpc) is 3.54. The molecule has 5 rings (SSSR count). The van der Waals surface area contributed by atoms with Crippen LogP contribution in [-0.2, 0) is 0 Å². The van der Waals surface area contributed by atoms with Gasteiger partial charge in [-0.2, -0.15) is 5.10 Å². The van der Waals surface area contributed by atoms with Crippen molar-refractivity contribution in [2.45, 2.75) is 18.8 Å². The number of hydrogen-bond donors (Lipinski definition) is 0. The number of hydrogen-bond acceptors (Lipinski definition) is 6. The molecule has 132 valence electrons. The molecule has 3 aromatic heterocycles. The van der Waals surface area contributed by atoms with E-state index in [0.717, 1.165) is 43.5 Å². The van der Waals surface area contributed by atoms with Gasteiger partial charge in [-0.1, -0.05) is 6.07 Å². The maximum Gasteiger partial charge on any atom is 0.259 e. The van der Waals surface area contributed by atoms with Gasteiger partial charge in [-0.3, -0.25) is 9.20 Å². The lowest BCUT2D eigenvalue weighted by Gasteiger charge is -2.35. The fourth-order valence-corrected chi connectivity index (χ4v) is 3.47. The normalized spacial score (nSPS) is 17.7. The van der Waals surface area contributed by atoms with Gasteiger partial charge in [0.1, 0.15) is 11.5 Å². The monoisotopic (exact) mass is 348 g/mol. The van der Waals surface area contributed by atoms with E-state index in [2.05, 4.69) is 37.1 Å². The molecule has 0 atom stereocenters. The van der Waals surface area contributed by atoms with Gasteiger partial charge in [-0.05, 0) is 37.1 Å². The topological polar surface area (TPSA) is 66.6 Å². The minimum Gasteiger partial charge on any atom is -0.353 e. The second kappa shape index (κ2) is 6.09. The van der Waals surface area contributed by atoms with Crippen molar-refractivity contribution in [2.75, 3.05) is 36.0 Å². The highest BCUT2D eigenvalue weighted by Gasteiger charge is 2.26. The van der Waals surface area contributed by atoms with Crippen LogP contribution in [0.25, 0.3) is 5.65 Å². The number of fused-ring (bicyclic) bond motifs is 1. The van der Waals surface area contributed by atoms with Crippen LogP contribution in [0.2, 0.25) is 0 Å². The van der Waals surface area contributed by atoms with Crippen molar-refractivity contribution in [3.05, 3.63) is 58.6 Å². The van der Waals surface area contributed by atoms with E-state index >= 15 is 0 Å². The minimum absolute atomic E-state index is 0.0467. The lowest BCUT2D eigenvalue weighted by Crippen LogP contribution is -2.47. The minimum atomic E-state index is -0.0467. The number of anilines is 2. The summed E-state index contributed by atoms with van der Waals surface area (Å²) in [5.74, 6) is 2.31. The molecule has 1 aliphatic heterocycles. The van der Waals surface area contributed by atoms with Gasteiger partial charge in [-0.15, -0.1) is 5.10 Å². The summed E-state index contributed by atoms with van der Waals surface area (Å²) in [7, 11) is 0. The zero-order valence-corrected chi connectivity index (χ0v) is 14.5. The molecule has 4 heterocycles. The molecule has 0 aromatic carbocycles. The molecular weight excluding hydrogens is 328 g/mol. The summed E-state index contributed by atoms with van der Waals surface area (Å²) < 4.78 is 1.57. The number of pyridine rings is 1. The third-order valence-corrected chi connectivity index (χ3v) is 5.15. The van der Waals surface area contributed by atoms with Gasteiger partial charge in [0.2, 0.25) is 0 Å². The highest BCUT2D eigenvalue weighted by atomic mass is 16.1. The smallest absolute Gasteiger partial charge is 0.259 e. The molecule has 0 radical (unpaired) electrons. The molecule has 0 amide bonds. The third-order valence-electron chi connectivity index (χ3n) is 5.15.